The molecular weight excluding hydrogens is 386 g/mol. The van der Waals surface area contributed by atoms with Gasteiger partial charge in [-0.3, -0.25) is 15.0 Å². The molecule has 2 aromatic carbocycles. The molecule has 0 radical (unpaired) electrons. The molecule has 0 bridgehead atoms. The van der Waals surface area contributed by atoms with Gasteiger partial charge in [0.15, 0.2) is 0 Å². The summed E-state index contributed by atoms with van der Waals surface area (Å²) < 4.78 is 6.05. The smallest absolute Gasteiger partial charge is 0.325 e. The van der Waals surface area contributed by atoms with Crippen LogP contribution in [0.1, 0.15) is 5.56 Å². The van der Waals surface area contributed by atoms with Crippen LogP contribution in [0.4, 0.5) is 10.5 Å². The number of benzene rings is 2. The maximum absolute atomic E-state index is 12.0. The standard InChI is InChI=1S/C18H20BrN3O3/c1-22(11-13-3-5-14(19)6-4-13)12-17(23)21-18(24)20-15-7-9-16(25-2)10-8-15/h3-10H,11-12H2,1-2H3,(H2,20,21,23,24). The molecule has 0 aromatic heterocycles. The van der Waals surface area contributed by atoms with Crippen LogP contribution in [0.15, 0.2) is 53.0 Å². The molecule has 2 aromatic rings. The molecule has 0 fully saturated rings. The van der Waals surface area contributed by atoms with E-state index in [1.165, 1.54) is 0 Å². The van der Waals surface area contributed by atoms with E-state index in [0.717, 1.165) is 10.0 Å². The Morgan fingerprint density at radius 3 is 2.32 bits per heavy atom. The molecule has 7 heteroatoms. The number of carbonyl (C=O) groups excluding carboxylic acids is 2. The highest BCUT2D eigenvalue weighted by Crippen LogP contribution is 2.14. The van der Waals surface area contributed by atoms with Crippen molar-refractivity contribution in [3.05, 3.63) is 58.6 Å². The van der Waals surface area contributed by atoms with Crippen molar-refractivity contribution >= 4 is 33.6 Å². The van der Waals surface area contributed by atoms with Crippen molar-refractivity contribution in [1.29, 1.82) is 0 Å². The van der Waals surface area contributed by atoms with Crippen molar-refractivity contribution in [3.8, 4) is 5.75 Å². The lowest BCUT2D eigenvalue weighted by atomic mass is 10.2. The van der Waals surface area contributed by atoms with Gasteiger partial charge in [0.25, 0.3) is 0 Å². The minimum atomic E-state index is -0.563. The first-order chi connectivity index (χ1) is 12.0. The molecule has 25 heavy (non-hydrogen) atoms. The SMILES string of the molecule is COc1ccc(NC(=O)NC(=O)CN(C)Cc2ccc(Br)cc2)cc1. The summed E-state index contributed by atoms with van der Waals surface area (Å²) in [7, 11) is 3.39. The Kier molecular flexibility index (Phi) is 6.97. The number of ether oxygens (including phenoxy) is 1. The Bertz CT molecular complexity index is 717. The Morgan fingerprint density at radius 2 is 1.72 bits per heavy atom. The molecular formula is C18H20BrN3O3. The average Bonchev–Trinajstić information content (AvgIpc) is 2.57. The topological polar surface area (TPSA) is 70.7 Å². The van der Waals surface area contributed by atoms with Gasteiger partial charge in [-0.25, -0.2) is 4.79 Å². The number of carbonyl (C=O) groups is 2. The van der Waals surface area contributed by atoms with Crippen LogP contribution in [-0.2, 0) is 11.3 Å². The zero-order valence-electron chi connectivity index (χ0n) is 14.1. The Morgan fingerprint density at radius 1 is 1.08 bits per heavy atom. The Labute approximate surface area is 155 Å². The summed E-state index contributed by atoms with van der Waals surface area (Å²) in [6.07, 6.45) is 0. The molecule has 2 rings (SSSR count). The number of likely N-dealkylation sites (N-methyl/N-ethyl adjacent to an activating group) is 1. The van der Waals surface area contributed by atoms with Gasteiger partial charge >= 0.3 is 6.03 Å². The summed E-state index contributed by atoms with van der Waals surface area (Å²) in [5, 5.41) is 4.92. The van der Waals surface area contributed by atoms with E-state index in [0.29, 0.717) is 18.0 Å². The van der Waals surface area contributed by atoms with Crippen LogP contribution in [0.3, 0.4) is 0 Å². The number of methoxy groups -OCH3 is 1. The second-order valence-corrected chi connectivity index (χ2v) is 6.45. The second kappa shape index (κ2) is 9.19. The number of halogens is 1. The lowest BCUT2D eigenvalue weighted by molar-refractivity contribution is -0.120. The van der Waals surface area contributed by atoms with E-state index in [-0.39, 0.29) is 12.5 Å². The van der Waals surface area contributed by atoms with Crippen LogP contribution < -0.4 is 15.4 Å². The predicted octanol–water partition coefficient (Wildman–Crippen LogP) is 3.24. The zero-order valence-corrected chi connectivity index (χ0v) is 15.7. The third kappa shape index (κ3) is 6.56. The fourth-order valence-corrected chi connectivity index (χ4v) is 2.47. The zero-order chi connectivity index (χ0) is 18.2. The van der Waals surface area contributed by atoms with Crippen LogP contribution in [0.25, 0.3) is 0 Å². The molecule has 6 nitrogen and oxygen atoms in total. The van der Waals surface area contributed by atoms with Gasteiger partial charge in [-0.2, -0.15) is 0 Å². The summed E-state index contributed by atoms with van der Waals surface area (Å²) in [6, 6.07) is 14.1. The molecule has 3 amide bonds. The van der Waals surface area contributed by atoms with Gasteiger partial charge in [-0.05, 0) is 49.0 Å². The summed E-state index contributed by atoms with van der Waals surface area (Å²) in [6.45, 7) is 0.729. The molecule has 0 heterocycles. The third-order valence-electron chi connectivity index (χ3n) is 3.38. The number of amides is 3. The number of nitrogens with zero attached hydrogens (tertiary/aromatic N) is 1. The van der Waals surface area contributed by atoms with E-state index in [2.05, 4.69) is 26.6 Å². The molecule has 0 spiro atoms. The van der Waals surface area contributed by atoms with Gasteiger partial charge in [-0.1, -0.05) is 28.1 Å². The van der Waals surface area contributed by atoms with E-state index in [1.54, 1.807) is 31.4 Å². The van der Waals surface area contributed by atoms with Gasteiger partial charge in [0, 0.05) is 16.7 Å². The molecule has 0 aliphatic carbocycles. The second-order valence-electron chi connectivity index (χ2n) is 5.53. The van der Waals surface area contributed by atoms with E-state index in [9.17, 15) is 9.59 Å². The van der Waals surface area contributed by atoms with Gasteiger partial charge < -0.3 is 10.1 Å². The average molecular weight is 406 g/mol. The number of urea groups is 1. The van der Waals surface area contributed by atoms with Crippen molar-refractivity contribution in [1.82, 2.24) is 10.2 Å². The molecule has 0 aliphatic rings. The molecule has 0 aliphatic heterocycles. The van der Waals surface area contributed by atoms with Gasteiger partial charge in [0.2, 0.25) is 5.91 Å². The van der Waals surface area contributed by atoms with E-state index < -0.39 is 6.03 Å². The van der Waals surface area contributed by atoms with E-state index >= 15 is 0 Å². The molecule has 132 valence electrons. The van der Waals surface area contributed by atoms with Crippen LogP contribution in [0.2, 0.25) is 0 Å². The maximum atomic E-state index is 12.0. The summed E-state index contributed by atoms with van der Waals surface area (Å²) >= 11 is 3.39. The fraction of sp³-hybridized carbons (Fsp3) is 0.222. The first kappa shape index (κ1) is 19.0. The molecule has 0 atom stereocenters. The van der Waals surface area contributed by atoms with Crippen molar-refractivity contribution in [2.45, 2.75) is 6.54 Å². The number of hydrogen-bond donors (Lipinski definition) is 2. The minimum absolute atomic E-state index is 0.117. The van der Waals surface area contributed by atoms with Gasteiger partial charge in [0.05, 0.1) is 13.7 Å². The predicted molar refractivity (Wildman–Crippen MR) is 101 cm³/mol. The maximum Gasteiger partial charge on any atom is 0.325 e. The first-order valence-electron chi connectivity index (χ1n) is 7.64. The highest BCUT2D eigenvalue weighted by Gasteiger charge is 2.11. The van der Waals surface area contributed by atoms with Crippen molar-refractivity contribution in [3.63, 3.8) is 0 Å². The van der Waals surface area contributed by atoms with Crippen LogP contribution in [-0.4, -0.2) is 37.5 Å². The quantitative estimate of drug-likeness (QED) is 0.773. The number of rotatable bonds is 6. The minimum Gasteiger partial charge on any atom is -0.497 e. The van der Waals surface area contributed by atoms with Crippen molar-refractivity contribution in [2.75, 3.05) is 26.0 Å². The molecule has 0 saturated heterocycles. The third-order valence-corrected chi connectivity index (χ3v) is 3.91. The largest absolute Gasteiger partial charge is 0.497 e. The van der Waals surface area contributed by atoms with Crippen LogP contribution >= 0.6 is 15.9 Å². The molecule has 0 saturated carbocycles. The number of hydrogen-bond acceptors (Lipinski definition) is 4. The van der Waals surface area contributed by atoms with Gasteiger partial charge in [0.1, 0.15) is 5.75 Å². The van der Waals surface area contributed by atoms with E-state index in [4.69, 9.17) is 4.74 Å². The summed E-state index contributed by atoms with van der Waals surface area (Å²) in [5.41, 5.74) is 1.66. The van der Waals surface area contributed by atoms with E-state index in [1.807, 2.05) is 36.2 Å². The summed E-state index contributed by atoms with van der Waals surface area (Å²) in [5.74, 6) is 0.322. The lowest BCUT2D eigenvalue weighted by Crippen LogP contribution is -2.40. The Hall–Kier alpha value is -2.38. The highest BCUT2D eigenvalue weighted by atomic mass is 79.9. The normalized spacial score (nSPS) is 10.4. The highest BCUT2D eigenvalue weighted by molar-refractivity contribution is 9.10. The lowest BCUT2D eigenvalue weighted by Gasteiger charge is -2.16. The molecule has 2 N–H and O–H groups in total. The number of nitrogens with one attached hydrogen (secondary N) is 2. The van der Waals surface area contributed by atoms with Crippen molar-refractivity contribution < 1.29 is 14.3 Å². The summed E-state index contributed by atoms with van der Waals surface area (Å²) in [4.78, 5) is 25.6. The number of anilines is 1. The Balaban J connectivity index is 1.78. The fourth-order valence-electron chi connectivity index (χ4n) is 2.21. The monoisotopic (exact) mass is 405 g/mol. The first-order valence-corrected chi connectivity index (χ1v) is 8.43. The molecule has 0 unspecified atom stereocenters. The van der Waals surface area contributed by atoms with Crippen molar-refractivity contribution in [2.24, 2.45) is 0 Å². The van der Waals surface area contributed by atoms with Gasteiger partial charge in [-0.15, -0.1) is 0 Å². The van der Waals surface area contributed by atoms with Crippen LogP contribution in [0, 0.1) is 0 Å². The van der Waals surface area contributed by atoms with Crippen LogP contribution in [0.5, 0.6) is 5.75 Å². The number of imide groups is 1.